The third-order valence-corrected chi connectivity index (χ3v) is 3.12. The van der Waals surface area contributed by atoms with Gasteiger partial charge in [-0.25, -0.2) is 13.6 Å². The van der Waals surface area contributed by atoms with Crippen LogP contribution in [-0.2, 0) is 4.74 Å². The van der Waals surface area contributed by atoms with Crippen molar-refractivity contribution >= 4 is 5.97 Å². The second-order valence-electron chi connectivity index (χ2n) is 5.28. The Bertz CT molecular complexity index is 469. The van der Waals surface area contributed by atoms with Crippen LogP contribution in [0.2, 0.25) is 0 Å². The van der Waals surface area contributed by atoms with Gasteiger partial charge in [-0.05, 0) is 44.5 Å². The van der Waals surface area contributed by atoms with E-state index in [4.69, 9.17) is 9.47 Å². The second-order valence-corrected chi connectivity index (χ2v) is 5.28. The SMILES string of the molecule is CC(C)Oc1ccc(C(=O)OCCC2CC2(F)F)cc1. The molecule has 1 fully saturated rings. The summed E-state index contributed by atoms with van der Waals surface area (Å²) in [5.41, 5.74) is 0.392. The zero-order valence-electron chi connectivity index (χ0n) is 11.6. The van der Waals surface area contributed by atoms with Crippen LogP contribution in [0, 0.1) is 5.92 Å². The molecule has 1 unspecified atom stereocenters. The Balaban J connectivity index is 1.77. The van der Waals surface area contributed by atoms with Crippen molar-refractivity contribution in [2.24, 2.45) is 5.92 Å². The average Bonchev–Trinajstić information content (AvgIpc) is 2.97. The van der Waals surface area contributed by atoms with E-state index in [0.29, 0.717) is 11.3 Å². The standard InChI is InChI=1S/C15H18F2O3/c1-10(2)20-13-5-3-11(4-6-13)14(18)19-8-7-12-9-15(12,16)17/h3-6,10,12H,7-9H2,1-2H3. The first-order chi connectivity index (χ1) is 9.38. The maximum absolute atomic E-state index is 12.6. The van der Waals surface area contributed by atoms with Crippen LogP contribution >= 0.6 is 0 Å². The highest BCUT2D eigenvalue weighted by molar-refractivity contribution is 5.89. The molecule has 1 aliphatic carbocycles. The molecule has 2 rings (SSSR count). The summed E-state index contributed by atoms with van der Waals surface area (Å²) in [6.45, 7) is 3.86. The Kier molecular flexibility index (Phi) is 4.26. The Hall–Kier alpha value is -1.65. The van der Waals surface area contributed by atoms with E-state index in [0.717, 1.165) is 0 Å². The molecule has 0 amide bonds. The Morgan fingerprint density at radius 1 is 1.35 bits per heavy atom. The van der Waals surface area contributed by atoms with Crippen molar-refractivity contribution in [3.05, 3.63) is 29.8 Å². The molecule has 110 valence electrons. The molecule has 0 spiro atoms. The largest absolute Gasteiger partial charge is 0.491 e. The third-order valence-electron chi connectivity index (χ3n) is 3.12. The highest BCUT2D eigenvalue weighted by atomic mass is 19.3. The lowest BCUT2D eigenvalue weighted by Crippen LogP contribution is -2.09. The number of alkyl halides is 2. The Morgan fingerprint density at radius 2 is 1.95 bits per heavy atom. The number of hydrogen-bond acceptors (Lipinski definition) is 3. The maximum Gasteiger partial charge on any atom is 0.338 e. The van der Waals surface area contributed by atoms with Crippen molar-refractivity contribution in [3.8, 4) is 5.75 Å². The molecule has 0 aromatic heterocycles. The summed E-state index contributed by atoms with van der Waals surface area (Å²) < 4.78 is 35.7. The lowest BCUT2D eigenvalue weighted by molar-refractivity contribution is 0.0452. The number of hydrogen-bond donors (Lipinski definition) is 0. The number of benzene rings is 1. The highest BCUT2D eigenvalue weighted by Crippen LogP contribution is 2.50. The fourth-order valence-electron chi connectivity index (χ4n) is 1.90. The topological polar surface area (TPSA) is 35.5 Å². The molecule has 1 saturated carbocycles. The molecule has 0 saturated heterocycles. The van der Waals surface area contributed by atoms with Crippen LogP contribution in [0.15, 0.2) is 24.3 Å². The molecule has 3 nitrogen and oxygen atoms in total. The molecule has 20 heavy (non-hydrogen) atoms. The van der Waals surface area contributed by atoms with Crippen molar-refractivity contribution in [2.75, 3.05) is 6.61 Å². The van der Waals surface area contributed by atoms with Crippen LogP contribution in [0.1, 0.15) is 37.0 Å². The smallest absolute Gasteiger partial charge is 0.338 e. The summed E-state index contributed by atoms with van der Waals surface area (Å²) in [6.07, 6.45) is 0.187. The number of ether oxygens (including phenoxy) is 2. The number of carbonyl (C=O) groups is 1. The normalized spacial score (nSPS) is 19.8. The van der Waals surface area contributed by atoms with Gasteiger partial charge in [-0.15, -0.1) is 0 Å². The molecule has 0 aliphatic heterocycles. The average molecular weight is 284 g/mol. The van der Waals surface area contributed by atoms with Crippen LogP contribution < -0.4 is 4.74 Å². The van der Waals surface area contributed by atoms with Crippen LogP contribution in [0.25, 0.3) is 0 Å². The van der Waals surface area contributed by atoms with Gasteiger partial charge in [0, 0.05) is 12.3 Å². The molecule has 1 aromatic rings. The summed E-state index contributed by atoms with van der Waals surface area (Å²) in [5, 5.41) is 0. The Labute approximate surface area is 116 Å². The first-order valence-corrected chi connectivity index (χ1v) is 6.70. The van der Waals surface area contributed by atoms with Crippen molar-refractivity contribution in [1.82, 2.24) is 0 Å². The van der Waals surface area contributed by atoms with E-state index in [1.54, 1.807) is 24.3 Å². The Morgan fingerprint density at radius 3 is 2.45 bits per heavy atom. The molecular weight excluding hydrogens is 266 g/mol. The van der Waals surface area contributed by atoms with Gasteiger partial charge in [0.05, 0.1) is 18.3 Å². The first kappa shape index (κ1) is 14.8. The zero-order chi connectivity index (χ0) is 14.8. The molecule has 5 heteroatoms. The summed E-state index contributed by atoms with van der Waals surface area (Å²) >= 11 is 0. The van der Waals surface area contributed by atoms with Gasteiger partial charge in [-0.2, -0.15) is 0 Å². The minimum Gasteiger partial charge on any atom is -0.491 e. The van der Waals surface area contributed by atoms with Gasteiger partial charge in [0.15, 0.2) is 0 Å². The monoisotopic (exact) mass is 284 g/mol. The van der Waals surface area contributed by atoms with Gasteiger partial charge in [-0.3, -0.25) is 0 Å². The fraction of sp³-hybridized carbons (Fsp3) is 0.533. The summed E-state index contributed by atoms with van der Waals surface area (Å²) in [4.78, 5) is 11.7. The fourth-order valence-corrected chi connectivity index (χ4v) is 1.90. The van der Waals surface area contributed by atoms with Gasteiger partial charge in [0.1, 0.15) is 5.75 Å². The maximum atomic E-state index is 12.6. The van der Waals surface area contributed by atoms with Gasteiger partial charge >= 0.3 is 5.97 Å². The molecule has 1 aromatic carbocycles. The lowest BCUT2D eigenvalue weighted by atomic mass is 10.2. The minimum atomic E-state index is -2.55. The molecule has 0 radical (unpaired) electrons. The van der Waals surface area contributed by atoms with E-state index < -0.39 is 17.8 Å². The van der Waals surface area contributed by atoms with Crippen molar-refractivity contribution < 1.29 is 23.0 Å². The third kappa shape index (κ3) is 3.92. The van der Waals surface area contributed by atoms with Crippen molar-refractivity contribution in [2.45, 2.75) is 38.7 Å². The van der Waals surface area contributed by atoms with Gasteiger partial charge in [0.2, 0.25) is 0 Å². The van der Waals surface area contributed by atoms with Crippen LogP contribution in [-0.4, -0.2) is 24.6 Å². The predicted molar refractivity (Wildman–Crippen MR) is 70.2 cm³/mol. The summed E-state index contributed by atoms with van der Waals surface area (Å²) in [7, 11) is 0. The first-order valence-electron chi connectivity index (χ1n) is 6.70. The molecule has 0 heterocycles. The molecule has 0 N–H and O–H groups in total. The highest BCUT2D eigenvalue weighted by Gasteiger charge is 2.56. The molecule has 1 atom stereocenters. The second kappa shape index (κ2) is 5.77. The number of esters is 1. The molecular formula is C15H18F2O3. The summed E-state index contributed by atoms with van der Waals surface area (Å²) in [6, 6.07) is 6.58. The number of rotatable bonds is 6. The van der Waals surface area contributed by atoms with Gasteiger partial charge < -0.3 is 9.47 Å². The van der Waals surface area contributed by atoms with E-state index in [1.165, 1.54) is 0 Å². The van der Waals surface area contributed by atoms with E-state index in [1.807, 2.05) is 13.8 Å². The van der Waals surface area contributed by atoms with Crippen LogP contribution in [0.4, 0.5) is 8.78 Å². The van der Waals surface area contributed by atoms with E-state index in [-0.39, 0.29) is 25.6 Å². The predicted octanol–water partition coefficient (Wildman–Crippen LogP) is 3.68. The minimum absolute atomic E-state index is 0.0311. The van der Waals surface area contributed by atoms with Gasteiger partial charge in [0.25, 0.3) is 5.92 Å². The lowest BCUT2D eigenvalue weighted by Gasteiger charge is -2.10. The quantitative estimate of drug-likeness (QED) is 0.748. The van der Waals surface area contributed by atoms with Crippen LogP contribution in [0.3, 0.4) is 0 Å². The van der Waals surface area contributed by atoms with Crippen LogP contribution in [0.5, 0.6) is 5.75 Å². The van der Waals surface area contributed by atoms with Crippen molar-refractivity contribution in [3.63, 3.8) is 0 Å². The molecule has 1 aliphatic rings. The number of carbonyl (C=O) groups excluding carboxylic acids is 1. The number of halogens is 2. The zero-order valence-corrected chi connectivity index (χ0v) is 11.6. The van der Waals surface area contributed by atoms with E-state index in [2.05, 4.69) is 0 Å². The van der Waals surface area contributed by atoms with Crippen molar-refractivity contribution in [1.29, 1.82) is 0 Å². The van der Waals surface area contributed by atoms with E-state index >= 15 is 0 Å². The molecule has 0 bridgehead atoms. The summed E-state index contributed by atoms with van der Waals surface area (Å²) in [5.74, 6) is -3.00. The van der Waals surface area contributed by atoms with E-state index in [9.17, 15) is 13.6 Å². The van der Waals surface area contributed by atoms with Gasteiger partial charge in [-0.1, -0.05) is 0 Å².